The molecule has 4 aromatic rings. The van der Waals surface area contributed by atoms with Gasteiger partial charge in [0.15, 0.2) is 17.4 Å². The molecule has 2 N–H and O–H groups in total. The van der Waals surface area contributed by atoms with Crippen molar-refractivity contribution in [3.8, 4) is 22.6 Å². The van der Waals surface area contributed by atoms with Crippen molar-refractivity contribution >= 4 is 33.4 Å². The number of nitrogens with one attached hydrogen (secondary N) is 2. The normalized spacial score (nSPS) is 11.6. The molecular weight excluding hydrogens is 593 g/mol. The van der Waals surface area contributed by atoms with Crippen LogP contribution in [0, 0.1) is 18.6 Å². The molecule has 0 aliphatic rings. The summed E-state index contributed by atoms with van der Waals surface area (Å²) in [6.45, 7) is 1.57. The number of rotatable bonds is 8. The quantitative estimate of drug-likeness (QED) is 0.249. The van der Waals surface area contributed by atoms with Gasteiger partial charge in [0.25, 0.3) is 10.0 Å². The molecule has 2 heterocycles. The minimum atomic E-state index is -5.19. The first kappa shape index (κ1) is 30.0. The monoisotopic (exact) mass is 613 g/mol. The van der Waals surface area contributed by atoms with E-state index in [2.05, 4.69) is 24.9 Å². The number of alkyl halides is 3. The number of aryl methyl sites for hydroxylation is 1. The summed E-state index contributed by atoms with van der Waals surface area (Å²) in [5.41, 5.74) is -0.266. The summed E-state index contributed by atoms with van der Waals surface area (Å²) in [4.78, 5) is 17.5. The van der Waals surface area contributed by atoms with Crippen molar-refractivity contribution in [2.24, 2.45) is 0 Å². The highest BCUT2D eigenvalue weighted by Crippen LogP contribution is 2.40. The van der Waals surface area contributed by atoms with Crippen LogP contribution in [-0.2, 0) is 10.0 Å². The van der Waals surface area contributed by atoms with E-state index in [0.717, 1.165) is 35.4 Å². The molecule has 2 aromatic carbocycles. The fourth-order valence-electron chi connectivity index (χ4n) is 3.66. The molecule has 0 aliphatic heterocycles. The number of methoxy groups -OCH3 is 1. The van der Waals surface area contributed by atoms with Crippen molar-refractivity contribution in [3.63, 3.8) is 0 Å². The number of pyridine rings is 1. The molecule has 4 rings (SSSR count). The lowest BCUT2D eigenvalue weighted by Gasteiger charge is -2.24. The highest BCUT2D eigenvalue weighted by Gasteiger charge is 2.33. The van der Waals surface area contributed by atoms with E-state index in [-0.39, 0.29) is 39.1 Å². The maximum absolute atomic E-state index is 15.4. The second kappa shape index (κ2) is 11.5. The Kier molecular flexibility index (Phi) is 8.24. The minimum Gasteiger partial charge on any atom is -0.495 e. The first-order chi connectivity index (χ1) is 19.7. The number of ether oxygens (including phenoxy) is 2. The van der Waals surface area contributed by atoms with Crippen molar-refractivity contribution in [1.29, 1.82) is 0 Å². The van der Waals surface area contributed by atoms with Crippen molar-refractivity contribution in [2.75, 3.05) is 23.8 Å². The second-order valence-electron chi connectivity index (χ2n) is 8.39. The van der Waals surface area contributed by atoms with Gasteiger partial charge in [-0.1, -0.05) is 11.2 Å². The number of benzene rings is 2. The Morgan fingerprint density at radius 1 is 1.05 bits per heavy atom. The molecule has 0 saturated carbocycles. The van der Waals surface area contributed by atoms with Gasteiger partial charge in [-0.25, -0.2) is 31.9 Å². The van der Waals surface area contributed by atoms with Crippen molar-refractivity contribution < 1.29 is 49.2 Å². The van der Waals surface area contributed by atoms with Crippen LogP contribution in [0.2, 0.25) is 0 Å². The average molecular weight is 614 g/mol. The number of carbonyl (C=O) groups excluding carboxylic acids is 1. The van der Waals surface area contributed by atoms with Gasteiger partial charge < -0.3 is 19.3 Å². The molecule has 0 atom stereocenters. The summed E-state index contributed by atoms with van der Waals surface area (Å²) >= 11 is 0. The molecule has 0 saturated heterocycles. The predicted molar refractivity (Wildman–Crippen MR) is 138 cm³/mol. The Balaban J connectivity index is 1.74. The van der Waals surface area contributed by atoms with Crippen LogP contribution >= 0.6 is 0 Å². The summed E-state index contributed by atoms with van der Waals surface area (Å²) in [5, 5.41) is 5.91. The van der Waals surface area contributed by atoms with Gasteiger partial charge >= 0.3 is 12.4 Å². The van der Waals surface area contributed by atoms with Crippen LogP contribution in [0.3, 0.4) is 0 Å². The number of hydrogen-bond acceptors (Lipinski definition) is 8. The molecule has 2 amide bonds. The van der Waals surface area contributed by atoms with Gasteiger partial charge in [0.05, 0.1) is 12.8 Å². The van der Waals surface area contributed by atoms with Crippen molar-refractivity contribution in [1.82, 2.24) is 15.5 Å². The molecule has 0 aliphatic carbocycles. The van der Waals surface area contributed by atoms with Gasteiger partial charge in [0.1, 0.15) is 28.5 Å². The molecule has 2 aromatic heterocycles. The number of halogens is 5. The van der Waals surface area contributed by atoms with E-state index in [1.807, 2.05) is 0 Å². The molecular formula is C25H20F5N5O6S. The SMILES string of the molecule is CNC(=O)N(c1ccc(S(=O)(=O)Nc2nocc2C)cn1)c1cc(F)c(-c2ccc(F)c(OC(F)(F)F)c2)cc1OC. The molecule has 42 heavy (non-hydrogen) atoms. The lowest BCUT2D eigenvalue weighted by atomic mass is 10.0. The van der Waals surface area contributed by atoms with Gasteiger partial charge in [0, 0.05) is 30.4 Å². The van der Waals surface area contributed by atoms with Crippen LogP contribution < -0.4 is 24.4 Å². The van der Waals surface area contributed by atoms with Crippen LogP contribution in [0.4, 0.5) is 44.1 Å². The van der Waals surface area contributed by atoms with Gasteiger partial charge in [-0.05, 0) is 42.8 Å². The maximum Gasteiger partial charge on any atom is 0.573 e. The number of sulfonamides is 1. The highest BCUT2D eigenvalue weighted by atomic mass is 32.2. The molecule has 0 fully saturated rings. The smallest absolute Gasteiger partial charge is 0.495 e. The van der Waals surface area contributed by atoms with E-state index in [0.29, 0.717) is 17.7 Å². The summed E-state index contributed by atoms with van der Waals surface area (Å²) < 4.78 is 109. The van der Waals surface area contributed by atoms with Gasteiger partial charge in [0.2, 0.25) is 0 Å². The van der Waals surface area contributed by atoms with Crippen molar-refractivity contribution in [2.45, 2.75) is 18.2 Å². The molecule has 0 spiro atoms. The Morgan fingerprint density at radius 2 is 1.79 bits per heavy atom. The van der Waals surface area contributed by atoms with E-state index in [9.17, 15) is 30.8 Å². The lowest BCUT2D eigenvalue weighted by Crippen LogP contribution is -2.35. The standard InChI is InChI=1S/C25H20F5N5O6S/c1-13-12-40-33-23(13)34-42(37,38)15-5-7-22(32-11-15)35(24(36)31-2)19-10-18(27)16(9-21(19)39-3)14-4-6-17(26)20(8-14)41-25(28,29)30/h4-12H,1-3H3,(H,31,36)(H,33,34). The topological polar surface area (TPSA) is 136 Å². The van der Waals surface area contributed by atoms with Crippen molar-refractivity contribution in [3.05, 3.63) is 72.1 Å². The van der Waals surface area contributed by atoms with E-state index < -0.39 is 39.8 Å². The number of aromatic nitrogens is 2. The van der Waals surface area contributed by atoms with Gasteiger partial charge in [-0.2, -0.15) is 0 Å². The first-order valence-corrected chi connectivity index (χ1v) is 13.1. The van der Waals surface area contributed by atoms with Crippen LogP contribution in [0.5, 0.6) is 11.5 Å². The Morgan fingerprint density at radius 3 is 2.36 bits per heavy atom. The van der Waals surface area contributed by atoms with Gasteiger partial charge in [-0.3, -0.25) is 4.72 Å². The number of urea groups is 1. The summed E-state index contributed by atoms with van der Waals surface area (Å²) in [5.74, 6) is -3.87. The average Bonchev–Trinajstić information content (AvgIpc) is 3.33. The van der Waals surface area contributed by atoms with Crippen LogP contribution in [0.15, 0.2) is 64.3 Å². The third-order valence-electron chi connectivity index (χ3n) is 5.63. The van der Waals surface area contributed by atoms with E-state index in [4.69, 9.17) is 9.26 Å². The van der Waals surface area contributed by atoms with E-state index in [1.54, 1.807) is 6.92 Å². The van der Waals surface area contributed by atoms with Crippen LogP contribution in [0.1, 0.15) is 5.56 Å². The molecule has 11 nitrogen and oxygen atoms in total. The lowest BCUT2D eigenvalue weighted by molar-refractivity contribution is -0.275. The fraction of sp³-hybridized carbons (Fsp3) is 0.160. The number of nitrogens with zero attached hydrogens (tertiary/aromatic N) is 3. The fourth-order valence-corrected chi connectivity index (χ4v) is 4.67. The zero-order valence-corrected chi connectivity index (χ0v) is 22.6. The third kappa shape index (κ3) is 6.35. The number of anilines is 3. The maximum atomic E-state index is 15.4. The number of hydrogen-bond donors (Lipinski definition) is 2. The second-order valence-corrected chi connectivity index (χ2v) is 10.1. The molecule has 0 bridgehead atoms. The largest absolute Gasteiger partial charge is 0.573 e. The zero-order valence-electron chi connectivity index (χ0n) is 21.8. The minimum absolute atomic E-state index is 0.0374. The molecule has 17 heteroatoms. The number of carbonyl (C=O) groups is 1. The zero-order chi connectivity index (χ0) is 30.8. The Bertz CT molecular complexity index is 1730. The highest BCUT2D eigenvalue weighted by molar-refractivity contribution is 7.92. The summed E-state index contributed by atoms with van der Waals surface area (Å²) in [7, 11) is -1.70. The summed E-state index contributed by atoms with van der Waals surface area (Å²) in [6.07, 6.45) is -3.01. The van der Waals surface area contributed by atoms with E-state index >= 15 is 4.39 Å². The van der Waals surface area contributed by atoms with E-state index in [1.165, 1.54) is 26.5 Å². The Hall–Kier alpha value is -4.93. The van der Waals surface area contributed by atoms with Gasteiger partial charge in [-0.15, -0.1) is 13.2 Å². The molecule has 222 valence electrons. The third-order valence-corrected chi connectivity index (χ3v) is 6.96. The van der Waals surface area contributed by atoms with Crippen LogP contribution in [0.25, 0.3) is 11.1 Å². The predicted octanol–water partition coefficient (Wildman–Crippen LogP) is 5.51. The number of amides is 2. The molecule has 0 unspecified atom stereocenters. The molecule has 0 radical (unpaired) electrons. The van der Waals surface area contributed by atoms with Crippen LogP contribution in [-0.4, -0.2) is 45.1 Å². The first-order valence-electron chi connectivity index (χ1n) is 11.6. The summed E-state index contributed by atoms with van der Waals surface area (Å²) in [6, 6.07) is 5.76. The Labute approximate surface area is 234 Å².